The summed E-state index contributed by atoms with van der Waals surface area (Å²) in [7, 11) is 0. The minimum atomic E-state index is -0.492. The Hall–Kier alpha value is -1.95. The van der Waals surface area contributed by atoms with Gasteiger partial charge in [0.1, 0.15) is 5.60 Å². The van der Waals surface area contributed by atoms with E-state index in [0.717, 1.165) is 30.8 Å². The van der Waals surface area contributed by atoms with Crippen molar-refractivity contribution in [1.82, 2.24) is 15.1 Å². The molecule has 0 saturated carbocycles. The minimum absolute atomic E-state index is 0.00846. The highest BCUT2D eigenvalue weighted by molar-refractivity contribution is 6.30. The van der Waals surface area contributed by atoms with Gasteiger partial charge in [-0.3, -0.25) is 0 Å². The van der Waals surface area contributed by atoms with E-state index >= 15 is 0 Å². The van der Waals surface area contributed by atoms with Gasteiger partial charge in [0.05, 0.1) is 6.04 Å². The first-order valence-electron chi connectivity index (χ1n) is 10.0. The Labute approximate surface area is 171 Å². The number of nitrogens with zero attached hydrogens (tertiary/aromatic N) is 2. The van der Waals surface area contributed by atoms with Gasteiger partial charge in [-0.15, -0.1) is 0 Å². The number of benzene rings is 1. The molecule has 1 unspecified atom stereocenters. The summed E-state index contributed by atoms with van der Waals surface area (Å²) in [5, 5.41) is 3.64. The zero-order valence-corrected chi connectivity index (χ0v) is 17.5. The molecule has 1 atom stereocenters. The Morgan fingerprint density at radius 3 is 2.57 bits per heavy atom. The second kappa shape index (κ2) is 6.83. The highest BCUT2D eigenvalue weighted by Crippen LogP contribution is 2.53. The van der Waals surface area contributed by atoms with Gasteiger partial charge in [-0.2, -0.15) is 0 Å². The van der Waals surface area contributed by atoms with Crippen molar-refractivity contribution in [2.45, 2.75) is 57.1 Å². The van der Waals surface area contributed by atoms with Crippen LogP contribution in [0.5, 0.6) is 0 Å². The van der Waals surface area contributed by atoms with Crippen LogP contribution >= 0.6 is 11.6 Å². The van der Waals surface area contributed by atoms with E-state index in [2.05, 4.69) is 17.4 Å². The first-order valence-corrected chi connectivity index (χ1v) is 10.4. The van der Waals surface area contributed by atoms with E-state index in [4.69, 9.17) is 16.3 Å². The van der Waals surface area contributed by atoms with Crippen LogP contribution in [-0.4, -0.2) is 53.7 Å². The maximum Gasteiger partial charge on any atom is 0.410 e. The number of hydrogen-bond donors (Lipinski definition) is 1. The van der Waals surface area contributed by atoms with E-state index in [0.29, 0.717) is 19.6 Å². The predicted octanol–water partition coefficient (Wildman–Crippen LogP) is 4.08. The molecular weight excluding hydrogens is 378 g/mol. The van der Waals surface area contributed by atoms with E-state index in [1.807, 2.05) is 31.7 Å². The number of piperidine rings is 1. The molecule has 7 heteroatoms. The Morgan fingerprint density at radius 1 is 1.25 bits per heavy atom. The summed E-state index contributed by atoms with van der Waals surface area (Å²) in [6.45, 7) is 8.38. The van der Waals surface area contributed by atoms with E-state index in [1.165, 1.54) is 11.1 Å². The number of nitrogens with one attached hydrogen (secondary N) is 1. The van der Waals surface area contributed by atoms with E-state index in [9.17, 15) is 9.59 Å². The molecule has 0 radical (unpaired) electrons. The van der Waals surface area contributed by atoms with Gasteiger partial charge in [0, 0.05) is 36.6 Å². The number of urea groups is 1. The largest absolute Gasteiger partial charge is 0.444 e. The molecule has 152 valence electrons. The lowest BCUT2D eigenvalue weighted by Crippen LogP contribution is -2.46. The average molecular weight is 406 g/mol. The lowest BCUT2D eigenvalue weighted by Gasteiger charge is -2.41. The molecular formula is C21H28ClN3O3. The smallest absolute Gasteiger partial charge is 0.410 e. The topological polar surface area (TPSA) is 61.9 Å². The van der Waals surface area contributed by atoms with Gasteiger partial charge in [0.15, 0.2) is 0 Å². The van der Waals surface area contributed by atoms with Crippen LogP contribution in [0, 0.1) is 0 Å². The number of rotatable bonds is 1. The Kier molecular flexibility index (Phi) is 4.73. The Bertz CT molecular complexity index is 797. The summed E-state index contributed by atoms with van der Waals surface area (Å²) in [4.78, 5) is 28.5. The molecule has 28 heavy (non-hydrogen) atoms. The van der Waals surface area contributed by atoms with Crippen molar-refractivity contribution in [3.05, 3.63) is 34.3 Å². The maximum atomic E-state index is 12.5. The highest BCUT2D eigenvalue weighted by atomic mass is 35.5. The number of ether oxygens (including phenoxy) is 1. The lowest BCUT2D eigenvalue weighted by atomic mass is 9.73. The van der Waals surface area contributed by atoms with Crippen molar-refractivity contribution in [3.8, 4) is 0 Å². The maximum absolute atomic E-state index is 12.5. The van der Waals surface area contributed by atoms with Crippen LogP contribution in [0.25, 0.3) is 0 Å². The fraction of sp³-hybridized carbons (Fsp3) is 0.619. The van der Waals surface area contributed by atoms with Crippen LogP contribution in [-0.2, 0) is 10.2 Å². The van der Waals surface area contributed by atoms with Crippen LogP contribution in [0.1, 0.15) is 57.2 Å². The average Bonchev–Trinajstić information content (AvgIpc) is 3.16. The second-order valence-electron chi connectivity index (χ2n) is 9.12. The molecule has 6 nitrogen and oxygen atoms in total. The summed E-state index contributed by atoms with van der Waals surface area (Å²) >= 11 is 6.34. The van der Waals surface area contributed by atoms with Crippen LogP contribution < -0.4 is 5.32 Å². The second-order valence-corrected chi connectivity index (χ2v) is 9.56. The van der Waals surface area contributed by atoms with Gasteiger partial charge in [0.2, 0.25) is 0 Å². The molecule has 3 amide bonds. The van der Waals surface area contributed by atoms with E-state index in [1.54, 1.807) is 4.90 Å². The van der Waals surface area contributed by atoms with Crippen LogP contribution in [0.4, 0.5) is 9.59 Å². The third-order valence-electron chi connectivity index (χ3n) is 6.17. The zero-order chi connectivity index (χ0) is 20.1. The fourth-order valence-electron chi connectivity index (χ4n) is 4.85. The number of likely N-dealkylation sites (tertiary alicyclic amines) is 1. The third-order valence-corrected chi connectivity index (χ3v) is 6.40. The summed E-state index contributed by atoms with van der Waals surface area (Å²) in [5.74, 6) is 0. The van der Waals surface area contributed by atoms with Gasteiger partial charge in [-0.05, 0) is 63.3 Å². The highest BCUT2D eigenvalue weighted by Gasteiger charge is 2.49. The monoisotopic (exact) mass is 405 g/mol. The summed E-state index contributed by atoms with van der Waals surface area (Å²) < 4.78 is 5.54. The molecule has 1 aliphatic carbocycles. The number of hydrogen-bond acceptors (Lipinski definition) is 3. The number of fused-ring (bicyclic) bond motifs is 2. The molecule has 3 aliphatic rings. The molecule has 4 rings (SSSR count). The number of halogens is 1. The van der Waals surface area contributed by atoms with Crippen molar-refractivity contribution in [3.63, 3.8) is 0 Å². The molecule has 1 aromatic rings. The molecule has 1 spiro atoms. The van der Waals surface area contributed by atoms with Crippen molar-refractivity contribution in [2.75, 3.05) is 26.2 Å². The van der Waals surface area contributed by atoms with Crippen molar-refractivity contribution in [2.24, 2.45) is 0 Å². The molecule has 0 aromatic heterocycles. The zero-order valence-electron chi connectivity index (χ0n) is 16.8. The molecule has 2 heterocycles. The number of carbonyl (C=O) groups excluding carboxylic acids is 2. The van der Waals surface area contributed by atoms with Crippen molar-refractivity contribution < 1.29 is 14.3 Å². The van der Waals surface area contributed by atoms with Crippen LogP contribution in [0.3, 0.4) is 0 Å². The van der Waals surface area contributed by atoms with E-state index in [-0.39, 0.29) is 23.6 Å². The Morgan fingerprint density at radius 2 is 1.96 bits per heavy atom. The normalized spacial score (nSPS) is 23.7. The molecule has 1 N–H and O–H groups in total. The minimum Gasteiger partial charge on any atom is -0.444 e. The predicted molar refractivity (Wildman–Crippen MR) is 108 cm³/mol. The third kappa shape index (κ3) is 3.43. The molecule has 2 aliphatic heterocycles. The summed E-state index contributed by atoms with van der Waals surface area (Å²) in [6, 6.07) is 6.13. The number of amides is 3. The van der Waals surface area contributed by atoms with Gasteiger partial charge < -0.3 is 19.9 Å². The molecule has 2 fully saturated rings. The molecule has 2 saturated heterocycles. The van der Waals surface area contributed by atoms with Gasteiger partial charge >= 0.3 is 12.1 Å². The van der Waals surface area contributed by atoms with E-state index < -0.39 is 5.60 Å². The van der Waals surface area contributed by atoms with Gasteiger partial charge in [0.25, 0.3) is 0 Å². The first kappa shape index (κ1) is 19.4. The SMILES string of the molecule is CC(C)(C)OC(=O)N1CCC2(CC1)CC(N1CCNC1=O)c1ccc(Cl)cc12. The standard InChI is InChI=1S/C21H28ClN3O3/c1-20(2,3)28-19(27)24-9-6-21(7-10-24)13-17(25-11-8-23-18(25)26)15-5-4-14(22)12-16(15)21/h4-5,12,17H,6-11,13H2,1-3H3,(H,23,26). The van der Waals surface area contributed by atoms with Crippen molar-refractivity contribution in [1.29, 1.82) is 0 Å². The first-order chi connectivity index (χ1) is 13.2. The Balaban J connectivity index is 1.56. The molecule has 1 aromatic carbocycles. The van der Waals surface area contributed by atoms with Crippen LogP contribution in [0.2, 0.25) is 5.02 Å². The van der Waals surface area contributed by atoms with Crippen LogP contribution in [0.15, 0.2) is 18.2 Å². The quantitative estimate of drug-likeness (QED) is 0.765. The van der Waals surface area contributed by atoms with Crippen molar-refractivity contribution >= 4 is 23.7 Å². The number of carbonyl (C=O) groups is 2. The fourth-order valence-corrected chi connectivity index (χ4v) is 5.02. The lowest BCUT2D eigenvalue weighted by molar-refractivity contribution is 0.0157. The molecule has 0 bridgehead atoms. The summed E-state index contributed by atoms with van der Waals surface area (Å²) in [6.07, 6.45) is 2.34. The van der Waals surface area contributed by atoms with Gasteiger partial charge in [-0.1, -0.05) is 17.7 Å². The van der Waals surface area contributed by atoms with Gasteiger partial charge in [-0.25, -0.2) is 9.59 Å². The summed E-state index contributed by atoms with van der Waals surface area (Å²) in [5.41, 5.74) is 1.90.